The van der Waals surface area contributed by atoms with Gasteiger partial charge in [-0.1, -0.05) is 42.5 Å². The summed E-state index contributed by atoms with van der Waals surface area (Å²) in [5.41, 5.74) is 2.24. The Balaban J connectivity index is 2.08. The average molecular weight is 303 g/mol. The summed E-state index contributed by atoms with van der Waals surface area (Å²) in [6.45, 7) is 0. The van der Waals surface area contributed by atoms with Crippen LogP contribution < -0.4 is 0 Å². The molecule has 4 rings (SSSR count). The first kappa shape index (κ1) is 13.5. The Morgan fingerprint density at radius 3 is 2.26 bits per heavy atom. The summed E-state index contributed by atoms with van der Waals surface area (Å²) in [6, 6.07) is 14.2. The van der Waals surface area contributed by atoms with Gasteiger partial charge < -0.3 is 9.67 Å². The zero-order valence-electron chi connectivity index (χ0n) is 12.4. The van der Waals surface area contributed by atoms with Gasteiger partial charge in [0.1, 0.15) is 5.76 Å². The van der Waals surface area contributed by atoms with Crippen LogP contribution in [0.4, 0.5) is 0 Å². The third-order valence-electron chi connectivity index (χ3n) is 4.26. The number of aromatic nitrogens is 1. The van der Waals surface area contributed by atoms with Crippen molar-refractivity contribution in [3.8, 4) is 0 Å². The molecule has 1 heterocycles. The second kappa shape index (κ2) is 4.68. The predicted molar refractivity (Wildman–Crippen MR) is 88.1 cm³/mol. The van der Waals surface area contributed by atoms with E-state index in [1.165, 1.54) is 0 Å². The second-order valence-electron chi connectivity index (χ2n) is 5.60. The van der Waals surface area contributed by atoms with Gasteiger partial charge in [0.2, 0.25) is 11.6 Å². The monoisotopic (exact) mass is 303 g/mol. The van der Waals surface area contributed by atoms with Crippen LogP contribution in [0, 0.1) is 0 Å². The Kier molecular flexibility index (Phi) is 2.75. The van der Waals surface area contributed by atoms with Crippen molar-refractivity contribution >= 4 is 33.8 Å². The van der Waals surface area contributed by atoms with Crippen LogP contribution in [0.25, 0.3) is 22.2 Å². The molecule has 0 spiro atoms. The minimum absolute atomic E-state index is 0.0745. The summed E-state index contributed by atoms with van der Waals surface area (Å²) < 4.78 is 1.88. The van der Waals surface area contributed by atoms with Gasteiger partial charge in [0.05, 0.1) is 5.57 Å². The fraction of sp³-hybridized carbons (Fsp3) is 0.0526. The normalized spacial score (nSPS) is 14.5. The summed E-state index contributed by atoms with van der Waals surface area (Å²) >= 11 is 0. The van der Waals surface area contributed by atoms with Crippen LogP contribution >= 0.6 is 0 Å². The van der Waals surface area contributed by atoms with Gasteiger partial charge in [-0.05, 0) is 6.07 Å². The van der Waals surface area contributed by atoms with E-state index in [4.69, 9.17) is 0 Å². The van der Waals surface area contributed by atoms with E-state index in [9.17, 15) is 14.7 Å². The van der Waals surface area contributed by atoms with Crippen molar-refractivity contribution in [1.29, 1.82) is 0 Å². The first-order valence-electron chi connectivity index (χ1n) is 7.25. The number of para-hydroxylation sites is 1. The predicted octanol–water partition coefficient (Wildman–Crippen LogP) is 3.37. The number of hydrogen-bond acceptors (Lipinski definition) is 3. The number of allylic oxidation sites excluding steroid dienone is 1. The van der Waals surface area contributed by atoms with E-state index in [2.05, 4.69) is 0 Å². The molecular weight excluding hydrogens is 290 g/mol. The number of fused-ring (bicyclic) bond motifs is 2. The van der Waals surface area contributed by atoms with Crippen LogP contribution in [0.2, 0.25) is 0 Å². The molecular formula is C19H13NO3. The van der Waals surface area contributed by atoms with Crippen molar-refractivity contribution in [2.45, 2.75) is 0 Å². The van der Waals surface area contributed by atoms with Crippen molar-refractivity contribution in [2.24, 2.45) is 7.05 Å². The fourth-order valence-corrected chi connectivity index (χ4v) is 3.16. The first-order valence-corrected chi connectivity index (χ1v) is 7.25. The molecule has 0 atom stereocenters. The standard InChI is InChI=1S/C19H13NO3/c1-20-10-14(11-6-4-5-9-15(11)20)16-17(21)12-7-2-3-8-13(12)18(22)19(16)23/h2-10,21H,1H3. The summed E-state index contributed by atoms with van der Waals surface area (Å²) in [7, 11) is 1.87. The van der Waals surface area contributed by atoms with Crippen LogP contribution in [0.5, 0.6) is 0 Å². The number of rotatable bonds is 1. The van der Waals surface area contributed by atoms with Gasteiger partial charge in [0, 0.05) is 40.8 Å². The van der Waals surface area contributed by atoms with E-state index in [0.717, 1.165) is 10.9 Å². The summed E-state index contributed by atoms with van der Waals surface area (Å²) in [5.74, 6) is -1.39. The average Bonchev–Trinajstić information content (AvgIpc) is 2.90. The number of aliphatic hydroxyl groups excluding tert-OH is 1. The lowest BCUT2D eigenvalue weighted by atomic mass is 9.85. The van der Waals surface area contributed by atoms with Gasteiger partial charge in [-0.15, -0.1) is 0 Å². The molecule has 1 aliphatic rings. The molecule has 0 fully saturated rings. The number of hydrogen-bond donors (Lipinski definition) is 1. The van der Waals surface area contributed by atoms with E-state index >= 15 is 0 Å². The summed E-state index contributed by atoms with van der Waals surface area (Å²) in [5, 5.41) is 11.5. The highest BCUT2D eigenvalue weighted by atomic mass is 16.3. The minimum Gasteiger partial charge on any atom is -0.506 e. The van der Waals surface area contributed by atoms with Crippen LogP contribution in [-0.4, -0.2) is 21.2 Å². The third kappa shape index (κ3) is 1.78. The molecule has 4 nitrogen and oxygen atoms in total. The van der Waals surface area contributed by atoms with Crippen LogP contribution in [-0.2, 0) is 11.8 Å². The Labute approximate surface area is 132 Å². The lowest BCUT2D eigenvalue weighted by Gasteiger charge is -2.17. The molecule has 0 saturated carbocycles. The third-order valence-corrected chi connectivity index (χ3v) is 4.26. The van der Waals surface area contributed by atoms with E-state index in [1.807, 2.05) is 35.9 Å². The van der Waals surface area contributed by atoms with Crippen molar-refractivity contribution in [2.75, 3.05) is 0 Å². The number of benzene rings is 2. The van der Waals surface area contributed by atoms with Gasteiger partial charge in [-0.25, -0.2) is 0 Å². The van der Waals surface area contributed by atoms with Crippen LogP contribution in [0.3, 0.4) is 0 Å². The lowest BCUT2D eigenvalue weighted by Crippen LogP contribution is -2.23. The van der Waals surface area contributed by atoms with Crippen molar-refractivity contribution in [1.82, 2.24) is 4.57 Å². The van der Waals surface area contributed by atoms with Crippen molar-refractivity contribution in [3.05, 3.63) is 71.4 Å². The maximum atomic E-state index is 12.6. The number of carbonyl (C=O) groups excluding carboxylic acids is 2. The zero-order chi connectivity index (χ0) is 16.1. The summed E-state index contributed by atoms with van der Waals surface area (Å²) in [6.07, 6.45) is 1.77. The molecule has 1 N–H and O–H groups in total. The number of ketones is 2. The minimum atomic E-state index is -0.669. The summed E-state index contributed by atoms with van der Waals surface area (Å²) in [4.78, 5) is 25.0. The van der Waals surface area contributed by atoms with E-state index in [1.54, 1.807) is 30.5 Å². The van der Waals surface area contributed by atoms with Gasteiger partial charge in [0.15, 0.2) is 0 Å². The maximum Gasteiger partial charge on any atom is 0.237 e. The van der Waals surface area contributed by atoms with Gasteiger partial charge >= 0.3 is 0 Å². The molecule has 0 saturated heterocycles. The van der Waals surface area contributed by atoms with Crippen LogP contribution in [0.15, 0.2) is 54.7 Å². The molecule has 0 unspecified atom stereocenters. The molecule has 1 aromatic heterocycles. The fourth-order valence-electron chi connectivity index (χ4n) is 3.16. The Bertz CT molecular complexity index is 1020. The molecule has 0 aliphatic heterocycles. The first-order chi connectivity index (χ1) is 11.1. The molecule has 2 aromatic carbocycles. The van der Waals surface area contributed by atoms with Gasteiger partial charge in [-0.2, -0.15) is 0 Å². The molecule has 112 valence electrons. The highest BCUT2D eigenvalue weighted by Gasteiger charge is 2.34. The molecule has 3 aromatic rings. The van der Waals surface area contributed by atoms with Crippen molar-refractivity contribution < 1.29 is 14.7 Å². The Morgan fingerprint density at radius 1 is 0.826 bits per heavy atom. The van der Waals surface area contributed by atoms with E-state index in [0.29, 0.717) is 11.1 Å². The van der Waals surface area contributed by atoms with E-state index < -0.39 is 11.6 Å². The topological polar surface area (TPSA) is 59.3 Å². The van der Waals surface area contributed by atoms with E-state index in [-0.39, 0.29) is 16.9 Å². The molecule has 1 aliphatic carbocycles. The highest BCUT2D eigenvalue weighted by molar-refractivity contribution is 6.62. The van der Waals surface area contributed by atoms with Gasteiger partial charge in [0.25, 0.3) is 0 Å². The maximum absolute atomic E-state index is 12.6. The molecule has 0 radical (unpaired) electrons. The second-order valence-corrected chi connectivity index (χ2v) is 5.60. The Hall–Kier alpha value is -3.14. The SMILES string of the molecule is Cn1cc(C2=C(O)c3ccccc3C(=O)C2=O)c2ccccc21. The highest BCUT2D eigenvalue weighted by Crippen LogP contribution is 2.36. The number of aliphatic hydroxyl groups is 1. The van der Waals surface area contributed by atoms with Crippen LogP contribution in [0.1, 0.15) is 21.5 Å². The Morgan fingerprint density at radius 2 is 1.48 bits per heavy atom. The number of carbonyl (C=O) groups is 2. The molecule has 4 heteroatoms. The quantitative estimate of drug-likeness (QED) is 0.701. The zero-order valence-corrected chi connectivity index (χ0v) is 12.4. The number of aryl methyl sites for hydroxylation is 1. The molecule has 0 amide bonds. The lowest BCUT2D eigenvalue weighted by molar-refractivity contribution is -0.110. The molecule has 0 bridgehead atoms. The van der Waals surface area contributed by atoms with Gasteiger partial charge in [-0.3, -0.25) is 9.59 Å². The number of nitrogens with zero attached hydrogens (tertiary/aromatic N) is 1. The largest absolute Gasteiger partial charge is 0.506 e. The smallest absolute Gasteiger partial charge is 0.237 e. The molecule has 23 heavy (non-hydrogen) atoms. The van der Waals surface area contributed by atoms with Crippen molar-refractivity contribution in [3.63, 3.8) is 0 Å². The number of Topliss-reactive ketones (excluding diaryl/α,β-unsaturated/α-hetero) is 2.